The Kier molecular flexibility index (Phi) is 3.93. The third-order valence-corrected chi connectivity index (χ3v) is 2.25. The van der Waals surface area contributed by atoms with Crippen molar-refractivity contribution in [2.24, 2.45) is 0 Å². The molecule has 2 N–H and O–H groups in total. The van der Waals surface area contributed by atoms with E-state index < -0.39 is 18.3 Å². The molecule has 1 aromatic carbocycles. The molecule has 0 saturated heterocycles. The lowest BCUT2D eigenvalue weighted by Crippen LogP contribution is -2.49. The summed E-state index contributed by atoms with van der Waals surface area (Å²) in [7, 11) is 0. The standard InChI is InChI=1S/C11H14F3NO/c1-10(16,11(12,13)14)8-15-7-9-5-3-2-4-6-9/h2-6,15-16H,7-8H2,1H3/t10-/m1/s1. The fourth-order valence-electron chi connectivity index (χ4n) is 1.15. The predicted molar refractivity (Wildman–Crippen MR) is 54.8 cm³/mol. The maximum atomic E-state index is 12.3. The molecule has 90 valence electrons. The predicted octanol–water partition coefficient (Wildman–Crippen LogP) is 2.09. The Hall–Kier alpha value is -1.07. The zero-order valence-electron chi connectivity index (χ0n) is 8.88. The minimum atomic E-state index is -4.61. The van der Waals surface area contributed by atoms with E-state index in [4.69, 9.17) is 5.11 Å². The normalized spacial score (nSPS) is 15.8. The van der Waals surface area contributed by atoms with Crippen molar-refractivity contribution in [3.8, 4) is 0 Å². The van der Waals surface area contributed by atoms with Crippen LogP contribution in [0.3, 0.4) is 0 Å². The number of rotatable bonds is 4. The first kappa shape index (κ1) is 13.0. The maximum absolute atomic E-state index is 12.3. The summed E-state index contributed by atoms with van der Waals surface area (Å²) in [4.78, 5) is 0. The highest BCUT2D eigenvalue weighted by molar-refractivity contribution is 5.14. The summed E-state index contributed by atoms with van der Waals surface area (Å²) in [5, 5.41) is 11.7. The lowest BCUT2D eigenvalue weighted by atomic mass is 10.1. The lowest BCUT2D eigenvalue weighted by Gasteiger charge is -2.26. The summed E-state index contributed by atoms with van der Waals surface area (Å²) in [5.74, 6) is 0. The van der Waals surface area contributed by atoms with Gasteiger partial charge < -0.3 is 10.4 Å². The van der Waals surface area contributed by atoms with E-state index in [1.807, 2.05) is 6.07 Å². The molecule has 0 aromatic heterocycles. The van der Waals surface area contributed by atoms with E-state index in [1.165, 1.54) is 0 Å². The zero-order chi connectivity index (χ0) is 12.2. The van der Waals surface area contributed by atoms with Gasteiger partial charge in [-0.2, -0.15) is 13.2 Å². The van der Waals surface area contributed by atoms with E-state index in [1.54, 1.807) is 24.3 Å². The van der Waals surface area contributed by atoms with Crippen molar-refractivity contribution in [2.45, 2.75) is 25.2 Å². The Balaban J connectivity index is 2.42. The third-order valence-electron chi connectivity index (χ3n) is 2.25. The molecule has 16 heavy (non-hydrogen) atoms. The Morgan fingerprint density at radius 3 is 2.25 bits per heavy atom. The van der Waals surface area contributed by atoms with Crippen molar-refractivity contribution >= 4 is 0 Å². The molecule has 0 unspecified atom stereocenters. The largest absolute Gasteiger partial charge is 0.418 e. The van der Waals surface area contributed by atoms with Crippen molar-refractivity contribution in [1.29, 1.82) is 0 Å². The van der Waals surface area contributed by atoms with E-state index in [0.717, 1.165) is 12.5 Å². The fourth-order valence-corrected chi connectivity index (χ4v) is 1.15. The van der Waals surface area contributed by atoms with Gasteiger partial charge in [0.2, 0.25) is 0 Å². The molecule has 0 saturated carbocycles. The highest BCUT2D eigenvalue weighted by Gasteiger charge is 2.49. The van der Waals surface area contributed by atoms with Crippen molar-refractivity contribution in [3.63, 3.8) is 0 Å². The summed E-state index contributed by atoms with van der Waals surface area (Å²) < 4.78 is 36.8. The number of benzene rings is 1. The van der Waals surface area contributed by atoms with Crippen LogP contribution >= 0.6 is 0 Å². The lowest BCUT2D eigenvalue weighted by molar-refractivity contribution is -0.250. The molecule has 2 nitrogen and oxygen atoms in total. The van der Waals surface area contributed by atoms with Gasteiger partial charge in [-0.25, -0.2) is 0 Å². The van der Waals surface area contributed by atoms with Crippen LogP contribution in [0.4, 0.5) is 13.2 Å². The van der Waals surface area contributed by atoms with Crippen LogP contribution in [0.25, 0.3) is 0 Å². The van der Waals surface area contributed by atoms with Gasteiger partial charge in [-0.3, -0.25) is 0 Å². The molecule has 0 radical (unpaired) electrons. The third kappa shape index (κ3) is 3.50. The molecular weight excluding hydrogens is 219 g/mol. The summed E-state index contributed by atoms with van der Waals surface area (Å²) in [6.07, 6.45) is -4.61. The quantitative estimate of drug-likeness (QED) is 0.834. The van der Waals surface area contributed by atoms with Crippen LogP contribution < -0.4 is 5.32 Å². The monoisotopic (exact) mass is 233 g/mol. The molecule has 0 heterocycles. The van der Waals surface area contributed by atoms with Gasteiger partial charge in [0, 0.05) is 13.1 Å². The molecule has 0 aliphatic rings. The molecule has 0 bridgehead atoms. The van der Waals surface area contributed by atoms with E-state index in [0.29, 0.717) is 6.54 Å². The highest BCUT2D eigenvalue weighted by Crippen LogP contribution is 2.29. The number of halogens is 3. The molecule has 0 aliphatic heterocycles. The van der Waals surface area contributed by atoms with Crippen molar-refractivity contribution in [3.05, 3.63) is 35.9 Å². The summed E-state index contributed by atoms with van der Waals surface area (Å²) in [5.41, 5.74) is -1.82. The summed E-state index contributed by atoms with van der Waals surface area (Å²) in [6.45, 7) is 0.531. The molecule has 1 rings (SSSR count). The Labute approximate surface area is 92.1 Å². The molecule has 5 heteroatoms. The van der Waals surface area contributed by atoms with Crippen molar-refractivity contribution < 1.29 is 18.3 Å². The zero-order valence-corrected chi connectivity index (χ0v) is 8.88. The average Bonchev–Trinajstić information content (AvgIpc) is 2.17. The van der Waals surface area contributed by atoms with Crippen LogP contribution in [0.5, 0.6) is 0 Å². The van der Waals surface area contributed by atoms with Crippen LogP contribution in [-0.4, -0.2) is 23.4 Å². The van der Waals surface area contributed by atoms with Crippen LogP contribution in [-0.2, 0) is 6.54 Å². The molecule has 0 fully saturated rings. The molecule has 0 amide bonds. The second-order valence-electron chi connectivity index (χ2n) is 3.86. The van der Waals surface area contributed by atoms with Gasteiger partial charge >= 0.3 is 6.18 Å². The summed E-state index contributed by atoms with van der Waals surface area (Å²) in [6, 6.07) is 9.04. The molecule has 1 aromatic rings. The van der Waals surface area contributed by atoms with E-state index in [-0.39, 0.29) is 0 Å². The number of hydrogen-bond donors (Lipinski definition) is 2. The number of alkyl halides is 3. The minimum absolute atomic E-state index is 0.299. The van der Waals surface area contributed by atoms with Gasteiger partial charge in [0.25, 0.3) is 0 Å². The topological polar surface area (TPSA) is 32.3 Å². The first-order valence-corrected chi connectivity index (χ1v) is 4.87. The Morgan fingerprint density at radius 1 is 1.19 bits per heavy atom. The van der Waals surface area contributed by atoms with E-state index in [2.05, 4.69) is 5.32 Å². The molecular formula is C11H14F3NO. The number of hydrogen-bond acceptors (Lipinski definition) is 2. The minimum Gasteiger partial charge on any atom is -0.380 e. The number of aliphatic hydroxyl groups is 1. The molecule has 0 aliphatic carbocycles. The average molecular weight is 233 g/mol. The molecule has 1 atom stereocenters. The van der Waals surface area contributed by atoms with Gasteiger partial charge in [-0.1, -0.05) is 30.3 Å². The Bertz CT molecular complexity index is 322. The van der Waals surface area contributed by atoms with Gasteiger partial charge in [0.15, 0.2) is 5.60 Å². The fraction of sp³-hybridized carbons (Fsp3) is 0.455. The van der Waals surface area contributed by atoms with Gasteiger partial charge in [0.05, 0.1) is 0 Å². The van der Waals surface area contributed by atoms with E-state index in [9.17, 15) is 13.2 Å². The smallest absolute Gasteiger partial charge is 0.380 e. The Morgan fingerprint density at radius 2 is 1.75 bits per heavy atom. The van der Waals surface area contributed by atoms with Gasteiger partial charge in [0.1, 0.15) is 0 Å². The van der Waals surface area contributed by atoms with Crippen LogP contribution in [0.2, 0.25) is 0 Å². The second kappa shape index (κ2) is 4.84. The van der Waals surface area contributed by atoms with Crippen LogP contribution in [0.15, 0.2) is 30.3 Å². The van der Waals surface area contributed by atoms with Crippen LogP contribution in [0, 0.1) is 0 Å². The summed E-state index contributed by atoms with van der Waals surface area (Å²) >= 11 is 0. The van der Waals surface area contributed by atoms with Gasteiger partial charge in [-0.05, 0) is 12.5 Å². The van der Waals surface area contributed by atoms with Crippen molar-refractivity contribution in [1.82, 2.24) is 5.32 Å². The van der Waals surface area contributed by atoms with Crippen molar-refractivity contribution in [2.75, 3.05) is 6.54 Å². The first-order chi connectivity index (χ1) is 7.33. The second-order valence-corrected chi connectivity index (χ2v) is 3.86. The van der Waals surface area contributed by atoms with Crippen LogP contribution in [0.1, 0.15) is 12.5 Å². The SMILES string of the molecule is C[C@@](O)(CNCc1ccccc1)C(F)(F)F. The highest BCUT2D eigenvalue weighted by atomic mass is 19.4. The van der Waals surface area contributed by atoms with Gasteiger partial charge in [-0.15, -0.1) is 0 Å². The maximum Gasteiger partial charge on any atom is 0.418 e. The first-order valence-electron chi connectivity index (χ1n) is 4.87. The molecule has 0 spiro atoms. The van der Waals surface area contributed by atoms with E-state index >= 15 is 0 Å². The number of nitrogens with one attached hydrogen (secondary N) is 1.